The lowest BCUT2D eigenvalue weighted by atomic mass is 10.1. The maximum Gasteiger partial charge on any atom is 0.279 e. The fraction of sp³-hybridized carbons (Fsp3) is 0.381. The number of aryl methyl sites for hydroxylation is 2. The first-order valence-electron chi connectivity index (χ1n) is 9.73. The predicted octanol–water partition coefficient (Wildman–Crippen LogP) is 3.44. The zero-order valence-corrected chi connectivity index (χ0v) is 16.4. The van der Waals surface area contributed by atoms with Crippen LogP contribution in [0.1, 0.15) is 62.6 Å². The van der Waals surface area contributed by atoms with Gasteiger partial charge in [0.25, 0.3) is 11.8 Å². The number of carbonyl (C=O) groups excluding carboxylic acids is 3. The smallest absolute Gasteiger partial charge is 0.279 e. The highest BCUT2D eigenvalue weighted by molar-refractivity contribution is 7.14. The number of benzene rings is 1. The highest BCUT2D eigenvalue weighted by atomic mass is 32.1. The number of amides is 3. The monoisotopic (exact) mass is 397 g/mol. The van der Waals surface area contributed by atoms with Gasteiger partial charge in [0.05, 0.1) is 4.88 Å². The van der Waals surface area contributed by atoms with Crippen LogP contribution in [0.15, 0.2) is 30.3 Å². The molecule has 28 heavy (non-hydrogen) atoms. The predicted molar refractivity (Wildman–Crippen MR) is 108 cm³/mol. The number of anilines is 1. The van der Waals surface area contributed by atoms with Gasteiger partial charge in [0.15, 0.2) is 0 Å². The summed E-state index contributed by atoms with van der Waals surface area (Å²) in [4.78, 5) is 38.5. The van der Waals surface area contributed by atoms with Crippen LogP contribution in [-0.4, -0.2) is 17.7 Å². The molecule has 1 aromatic heterocycles. The van der Waals surface area contributed by atoms with Crippen molar-refractivity contribution in [3.8, 4) is 0 Å². The van der Waals surface area contributed by atoms with Crippen molar-refractivity contribution in [1.82, 2.24) is 10.9 Å². The van der Waals surface area contributed by atoms with Gasteiger partial charge in [-0.15, -0.1) is 11.3 Å². The summed E-state index contributed by atoms with van der Waals surface area (Å²) in [6.07, 6.45) is 7.45. The van der Waals surface area contributed by atoms with Crippen LogP contribution < -0.4 is 16.2 Å². The van der Waals surface area contributed by atoms with Crippen molar-refractivity contribution in [1.29, 1.82) is 0 Å². The SMILES string of the molecule is O=C(NNC(=O)c1cc2c(s1)CCCCC2)c1cccc(NC(=O)C2CC2)c1. The summed E-state index contributed by atoms with van der Waals surface area (Å²) in [6, 6.07) is 8.64. The standard InChI is InChI=1S/C21H23N3O3S/c25-19(13-9-10-13)22-16-7-4-6-15(11-16)20(26)23-24-21(27)18-12-14-5-2-1-3-8-17(14)28-18/h4,6-7,11-13H,1-3,5,8-10H2,(H,22,25)(H,23,26)(H,24,27). The molecule has 0 unspecified atom stereocenters. The van der Waals surface area contributed by atoms with Gasteiger partial charge in [-0.05, 0) is 68.4 Å². The molecule has 3 N–H and O–H groups in total. The largest absolute Gasteiger partial charge is 0.326 e. The zero-order chi connectivity index (χ0) is 19.5. The molecule has 0 bridgehead atoms. The lowest BCUT2D eigenvalue weighted by Crippen LogP contribution is -2.41. The van der Waals surface area contributed by atoms with Gasteiger partial charge in [-0.2, -0.15) is 0 Å². The minimum Gasteiger partial charge on any atom is -0.326 e. The first-order valence-corrected chi connectivity index (χ1v) is 10.5. The number of fused-ring (bicyclic) bond motifs is 1. The zero-order valence-electron chi connectivity index (χ0n) is 15.5. The average Bonchev–Trinajstić information content (AvgIpc) is 3.51. The molecular formula is C21H23N3O3S. The Morgan fingerprint density at radius 3 is 2.54 bits per heavy atom. The third-order valence-corrected chi connectivity index (χ3v) is 6.34. The molecule has 0 spiro atoms. The number of hydrazine groups is 1. The fourth-order valence-corrected chi connectivity index (χ4v) is 4.50. The van der Waals surface area contributed by atoms with Crippen molar-refractivity contribution < 1.29 is 14.4 Å². The summed E-state index contributed by atoms with van der Waals surface area (Å²) in [7, 11) is 0. The van der Waals surface area contributed by atoms with Gasteiger partial charge in [0, 0.05) is 22.0 Å². The first-order chi connectivity index (χ1) is 13.6. The highest BCUT2D eigenvalue weighted by Gasteiger charge is 2.29. The molecule has 1 fully saturated rings. The molecule has 0 saturated heterocycles. The van der Waals surface area contributed by atoms with E-state index in [-0.39, 0.29) is 17.7 Å². The summed E-state index contributed by atoms with van der Waals surface area (Å²) in [5.74, 6) is -0.639. The third-order valence-electron chi connectivity index (χ3n) is 5.10. The van der Waals surface area contributed by atoms with Crippen LogP contribution in [0.4, 0.5) is 5.69 Å². The number of carbonyl (C=O) groups is 3. The normalized spacial score (nSPS) is 15.9. The van der Waals surface area contributed by atoms with Crippen molar-refractivity contribution in [2.24, 2.45) is 5.92 Å². The Balaban J connectivity index is 1.35. The van der Waals surface area contributed by atoms with E-state index < -0.39 is 5.91 Å². The van der Waals surface area contributed by atoms with Crippen molar-refractivity contribution >= 4 is 34.7 Å². The topological polar surface area (TPSA) is 87.3 Å². The lowest BCUT2D eigenvalue weighted by molar-refractivity contribution is -0.117. The van der Waals surface area contributed by atoms with Crippen LogP contribution in [0.3, 0.4) is 0 Å². The summed E-state index contributed by atoms with van der Waals surface area (Å²) >= 11 is 1.51. The molecule has 0 aliphatic heterocycles. The van der Waals surface area contributed by atoms with Crippen molar-refractivity contribution in [3.63, 3.8) is 0 Å². The summed E-state index contributed by atoms with van der Waals surface area (Å²) < 4.78 is 0. The van der Waals surface area contributed by atoms with Gasteiger partial charge in [-0.25, -0.2) is 0 Å². The maximum absolute atomic E-state index is 12.4. The molecule has 1 aromatic carbocycles. The Morgan fingerprint density at radius 1 is 0.929 bits per heavy atom. The molecular weight excluding hydrogens is 374 g/mol. The second-order valence-electron chi connectivity index (χ2n) is 7.37. The Kier molecular flexibility index (Phi) is 5.43. The summed E-state index contributed by atoms with van der Waals surface area (Å²) in [6.45, 7) is 0. The molecule has 2 aromatic rings. The number of hydrogen-bond donors (Lipinski definition) is 3. The molecule has 2 aliphatic carbocycles. The van der Waals surface area contributed by atoms with Gasteiger partial charge in [-0.3, -0.25) is 25.2 Å². The molecule has 0 radical (unpaired) electrons. The van der Waals surface area contributed by atoms with Gasteiger partial charge >= 0.3 is 0 Å². The van der Waals surface area contributed by atoms with Crippen LogP contribution in [0.2, 0.25) is 0 Å². The van der Waals surface area contributed by atoms with Crippen molar-refractivity contribution in [2.75, 3.05) is 5.32 Å². The van der Waals surface area contributed by atoms with E-state index in [1.54, 1.807) is 24.3 Å². The Bertz CT molecular complexity index is 894. The van der Waals surface area contributed by atoms with E-state index in [2.05, 4.69) is 16.2 Å². The third kappa shape index (κ3) is 4.42. The van der Waals surface area contributed by atoms with E-state index in [4.69, 9.17) is 0 Å². The van der Waals surface area contributed by atoms with Crippen molar-refractivity contribution in [2.45, 2.75) is 44.9 Å². The first kappa shape index (κ1) is 18.7. The van der Waals surface area contributed by atoms with E-state index in [1.807, 2.05) is 6.07 Å². The molecule has 1 heterocycles. The van der Waals surface area contributed by atoms with E-state index in [0.29, 0.717) is 16.1 Å². The molecule has 0 atom stereocenters. The molecule has 6 nitrogen and oxygen atoms in total. The van der Waals surface area contributed by atoms with Crippen LogP contribution in [0.25, 0.3) is 0 Å². The molecule has 2 aliphatic rings. The number of thiophene rings is 1. The van der Waals surface area contributed by atoms with E-state index >= 15 is 0 Å². The van der Waals surface area contributed by atoms with E-state index in [0.717, 1.165) is 32.1 Å². The van der Waals surface area contributed by atoms with Crippen molar-refractivity contribution in [3.05, 3.63) is 51.2 Å². The van der Waals surface area contributed by atoms with E-state index in [9.17, 15) is 14.4 Å². The van der Waals surface area contributed by atoms with Crippen LogP contribution in [-0.2, 0) is 17.6 Å². The minimum absolute atomic E-state index is 0.0108. The second-order valence-corrected chi connectivity index (χ2v) is 8.51. The Labute approximate surface area is 167 Å². The van der Waals surface area contributed by atoms with Gasteiger partial charge < -0.3 is 5.32 Å². The minimum atomic E-state index is -0.422. The quantitative estimate of drug-likeness (QED) is 0.546. The second kappa shape index (κ2) is 8.14. The Hall–Kier alpha value is -2.67. The van der Waals surface area contributed by atoms with Gasteiger partial charge in [-0.1, -0.05) is 12.5 Å². The molecule has 4 rings (SSSR count). The van der Waals surface area contributed by atoms with Crippen LogP contribution in [0, 0.1) is 5.92 Å². The lowest BCUT2D eigenvalue weighted by Gasteiger charge is -2.09. The molecule has 3 amide bonds. The van der Waals surface area contributed by atoms with E-state index in [1.165, 1.54) is 34.6 Å². The van der Waals surface area contributed by atoms with Crippen LogP contribution in [0.5, 0.6) is 0 Å². The molecule has 1 saturated carbocycles. The number of rotatable bonds is 4. The average molecular weight is 398 g/mol. The molecule has 146 valence electrons. The van der Waals surface area contributed by atoms with Gasteiger partial charge in [0.2, 0.25) is 5.91 Å². The fourth-order valence-electron chi connectivity index (χ4n) is 3.35. The number of nitrogens with one attached hydrogen (secondary N) is 3. The molecule has 7 heteroatoms. The summed E-state index contributed by atoms with van der Waals surface area (Å²) in [5.41, 5.74) is 7.17. The highest BCUT2D eigenvalue weighted by Crippen LogP contribution is 2.30. The van der Waals surface area contributed by atoms with Gasteiger partial charge in [0.1, 0.15) is 0 Å². The number of hydrogen-bond acceptors (Lipinski definition) is 4. The van der Waals surface area contributed by atoms with Crippen LogP contribution >= 0.6 is 11.3 Å². The summed E-state index contributed by atoms with van der Waals surface area (Å²) in [5, 5.41) is 2.82. The Morgan fingerprint density at radius 2 is 1.71 bits per heavy atom. The maximum atomic E-state index is 12.4.